The highest BCUT2D eigenvalue weighted by Crippen LogP contribution is 2.22. The van der Waals surface area contributed by atoms with Crippen LogP contribution >= 0.6 is 0 Å². The first-order valence-electron chi connectivity index (χ1n) is 5.69. The van der Waals surface area contributed by atoms with E-state index in [1.165, 1.54) is 25.3 Å². The second-order valence-corrected chi connectivity index (χ2v) is 3.96. The first kappa shape index (κ1) is 12.8. The summed E-state index contributed by atoms with van der Waals surface area (Å²) < 4.78 is 4.63. The van der Waals surface area contributed by atoms with E-state index >= 15 is 0 Å². The number of phenols is 1. The molecule has 0 atom stereocenters. The van der Waals surface area contributed by atoms with Crippen molar-refractivity contribution in [1.29, 1.82) is 5.41 Å². The molecule has 2 N–H and O–H groups in total. The molecule has 19 heavy (non-hydrogen) atoms. The number of phenolic OH excluding ortho intramolecular Hbond substituents is 1. The van der Waals surface area contributed by atoms with E-state index in [4.69, 9.17) is 5.41 Å². The van der Waals surface area contributed by atoms with Crippen molar-refractivity contribution in [3.05, 3.63) is 65.2 Å². The topological polar surface area (TPSA) is 70.4 Å². The minimum absolute atomic E-state index is 0.0403. The Morgan fingerprint density at radius 3 is 2.42 bits per heavy atom. The maximum Gasteiger partial charge on any atom is 0.337 e. The van der Waals surface area contributed by atoms with Crippen molar-refractivity contribution < 1.29 is 14.6 Å². The summed E-state index contributed by atoms with van der Waals surface area (Å²) in [7, 11) is 1.29. The molecule has 96 valence electrons. The molecule has 0 spiro atoms. The van der Waals surface area contributed by atoms with Gasteiger partial charge in [-0.1, -0.05) is 30.3 Å². The molecule has 0 aliphatic rings. The van der Waals surface area contributed by atoms with Gasteiger partial charge in [-0.15, -0.1) is 0 Å². The van der Waals surface area contributed by atoms with Gasteiger partial charge >= 0.3 is 5.97 Å². The molecule has 0 heterocycles. The van der Waals surface area contributed by atoms with Crippen LogP contribution in [0.2, 0.25) is 0 Å². The minimum Gasteiger partial charge on any atom is -0.507 e. The summed E-state index contributed by atoms with van der Waals surface area (Å²) in [5, 5.41) is 17.9. The normalized spacial score (nSPS) is 9.95. The zero-order chi connectivity index (χ0) is 13.8. The third-order valence-corrected chi connectivity index (χ3v) is 2.75. The van der Waals surface area contributed by atoms with Crippen LogP contribution in [0.4, 0.5) is 0 Å². The molecule has 0 fully saturated rings. The summed E-state index contributed by atoms with van der Waals surface area (Å²) in [4.78, 5) is 11.5. The summed E-state index contributed by atoms with van der Waals surface area (Å²) in [5.41, 5.74) is 1.42. The Bertz CT molecular complexity index is 621. The molecular formula is C15H13NO3. The molecule has 0 aliphatic carbocycles. The zero-order valence-electron chi connectivity index (χ0n) is 10.4. The first-order chi connectivity index (χ1) is 9.13. The van der Waals surface area contributed by atoms with Crippen LogP contribution in [0.15, 0.2) is 48.5 Å². The Labute approximate surface area is 110 Å². The van der Waals surface area contributed by atoms with Gasteiger partial charge in [0.15, 0.2) is 0 Å². The molecule has 0 bridgehead atoms. The van der Waals surface area contributed by atoms with Gasteiger partial charge in [-0.3, -0.25) is 5.41 Å². The van der Waals surface area contributed by atoms with Gasteiger partial charge in [-0.2, -0.15) is 0 Å². The second kappa shape index (κ2) is 5.35. The Balaban J connectivity index is 2.44. The summed E-state index contributed by atoms with van der Waals surface area (Å²) in [6.07, 6.45) is 0. The van der Waals surface area contributed by atoms with Gasteiger partial charge < -0.3 is 9.84 Å². The van der Waals surface area contributed by atoms with Crippen LogP contribution in [0.1, 0.15) is 21.5 Å². The summed E-state index contributed by atoms with van der Waals surface area (Å²) >= 11 is 0. The maximum absolute atomic E-state index is 11.5. The van der Waals surface area contributed by atoms with Gasteiger partial charge in [-0.05, 0) is 18.2 Å². The molecule has 2 aromatic rings. The van der Waals surface area contributed by atoms with E-state index in [0.717, 1.165) is 0 Å². The number of nitrogens with one attached hydrogen (secondary N) is 1. The van der Waals surface area contributed by atoms with Crippen molar-refractivity contribution in [3.8, 4) is 5.75 Å². The van der Waals surface area contributed by atoms with Crippen LogP contribution in [0.3, 0.4) is 0 Å². The minimum atomic E-state index is -0.498. The van der Waals surface area contributed by atoms with Crippen molar-refractivity contribution in [2.24, 2.45) is 0 Å². The fraction of sp³-hybridized carbons (Fsp3) is 0.0667. The molecule has 2 aromatic carbocycles. The predicted octanol–water partition coefficient (Wildman–Crippen LogP) is 2.59. The number of ether oxygens (including phenoxy) is 1. The third kappa shape index (κ3) is 2.63. The largest absolute Gasteiger partial charge is 0.507 e. The molecule has 4 heteroatoms. The average Bonchev–Trinajstić information content (AvgIpc) is 2.47. The van der Waals surface area contributed by atoms with Crippen LogP contribution in [0.25, 0.3) is 0 Å². The fourth-order valence-electron chi connectivity index (χ4n) is 1.74. The molecule has 0 radical (unpaired) electrons. The van der Waals surface area contributed by atoms with Gasteiger partial charge in [0.1, 0.15) is 5.75 Å². The Morgan fingerprint density at radius 2 is 1.79 bits per heavy atom. The lowest BCUT2D eigenvalue weighted by Crippen LogP contribution is -2.06. The molecule has 0 aliphatic heterocycles. The van der Waals surface area contributed by atoms with E-state index in [-0.39, 0.29) is 11.5 Å². The van der Waals surface area contributed by atoms with Crippen LogP contribution in [-0.4, -0.2) is 23.9 Å². The van der Waals surface area contributed by atoms with Crippen molar-refractivity contribution in [1.82, 2.24) is 0 Å². The van der Waals surface area contributed by atoms with Gasteiger partial charge in [-0.25, -0.2) is 4.79 Å². The average molecular weight is 255 g/mol. The van der Waals surface area contributed by atoms with Crippen LogP contribution in [0, 0.1) is 5.41 Å². The number of methoxy groups -OCH3 is 1. The molecular weight excluding hydrogens is 242 g/mol. The number of carbonyl (C=O) groups is 1. The molecule has 0 amide bonds. The standard InChI is InChI=1S/C15H13NO3/c1-19-15(18)11-7-8-13(17)12(9-11)14(16)10-5-3-2-4-6-10/h2-9,16-17H,1H3. The summed E-state index contributed by atoms with van der Waals surface area (Å²) in [6.45, 7) is 0. The Morgan fingerprint density at radius 1 is 1.11 bits per heavy atom. The number of carbonyl (C=O) groups excluding carboxylic acids is 1. The van der Waals surface area contributed by atoms with Crippen molar-refractivity contribution in [2.45, 2.75) is 0 Å². The molecule has 2 rings (SSSR count). The first-order valence-corrected chi connectivity index (χ1v) is 5.69. The predicted molar refractivity (Wildman–Crippen MR) is 71.8 cm³/mol. The van der Waals surface area contributed by atoms with Gasteiger partial charge in [0.25, 0.3) is 0 Å². The lowest BCUT2D eigenvalue weighted by Gasteiger charge is -2.08. The van der Waals surface area contributed by atoms with Crippen LogP contribution in [0.5, 0.6) is 5.75 Å². The third-order valence-electron chi connectivity index (χ3n) is 2.75. The second-order valence-electron chi connectivity index (χ2n) is 3.96. The molecule has 0 aromatic heterocycles. The highest BCUT2D eigenvalue weighted by atomic mass is 16.5. The number of benzene rings is 2. The van der Waals surface area contributed by atoms with E-state index < -0.39 is 5.97 Å². The monoisotopic (exact) mass is 255 g/mol. The van der Waals surface area contributed by atoms with E-state index in [1.54, 1.807) is 12.1 Å². The molecule has 4 nitrogen and oxygen atoms in total. The van der Waals surface area contributed by atoms with E-state index in [0.29, 0.717) is 16.7 Å². The Hall–Kier alpha value is -2.62. The number of hydrogen-bond donors (Lipinski definition) is 2. The lowest BCUT2D eigenvalue weighted by atomic mass is 9.99. The van der Waals surface area contributed by atoms with Gasteiger partial charge in [0.2, 0.25) is 0 Å². The van der Waals surface area contributed by atoms with Gasteiger partial charge in [0.05, 0.1) is 18.4 Å². The van der Waals surface area contributed by atoms with E-state index in [2.05, 4.69) is 4.74 Å². The highest BCUT2D eigenvalue weighted by Gasteiger charge is 2.13. The maximum atomic E-state index is 11.5. The SMILES string of the molecule is COC(=O)c1ccc(O)c(C(=N)c2ccccc2)c1. The number of rotatable bonds is 3. The van der Waals surface area contributed by atoms with Gasteiger partial charge in [0, 0.05) is 11.1 Å². The van der Waals surface area contributed by atoms with Crippen LogP contribution in [-0.2, 0) is 4.74 Å². The quantitative estimate of drug-likeness (QED) is 0.654. The molecule has 0 saturated heterocycles. The number of esters is 1. The van der Waals surface area contributed by atoms with Crippen LogP contribution < -0.4 is 0 Å². The van der Waals surface area contributed by atoms with Crippen molar-refractivity contribution in [2.75, 3.05) is 7.11 Å². The smallest absolute Gasteiger partial charge is 0.337 e. The Kier molecular flexibility index (Phi) is 3.61. The lowest BCUT2D eigenvalue weighted by molar-refractivity contribution is 0.0600. The summed E-state index contributed by atoms with van der Waals surface area (Å²) in [6, 6.07) is 13.3. The fourth-order valence-corrected chi connectivity index (χ4v) is 1.74. The van der Waals surface area contributed by atoms with Crippen molar-refractivity contribution in [3.63, 3.8) is 0 Å². The molecule has 0 saturated carbocycles. The number of aromatic hydroxyl groups is 1. The van der Waals surface area contributed by atoms with E-state index in [9.17, 15) is 9.90 Å². The summed E-state index contributed by atoms with van der Waals surface area (Å²) in [5.74, 6) is -0.538. The highest BCUT2D eigenvalue weighted by molar-refractivity contribution is 6.13. The molecule has 0 unspecified atom stereocenters. The van der Waals surface area contributed by atoms with Crippen molar-refractivity contribution >= 4 is 11.7 Å². The number of hydrogen-bond acceptors (Lipinski definition) is 4. The van der Waals surface area contributed by atoms with E-state index in [1.807, 2.05) is 18.2 Å². The zero-order valence-corrected chi connectivity index (χ0v) is 10.4.